The van der Waals surface area contributed by atoms with E-state index in [0.29, 0.717) is 17.9 Å². The first-order valence-corrected chi connectivity index (χ1v) is 7.28. The van der Waals surface area contributed by atoms with Gasteiger partial charge in [0.2, 0.25) is 0 Å². The molecule has 0 aliphatic rings. The van der Waals surface area contributed by atoms with Crippen LogP contribution in [0.4, 0.5) is 0 Å². The fourth-order valence-electron chi connectivity index (χ4n) is 2.50. The molecule has 0 spiro atoms. The molecule has 0 radical (unpaired) electrons. The van der Waals surface area contributed by atoms with E-state index in [-0.39, 0.29) is 5.91 Å². The highest BCUT2D eigenvalue weighted by Gasteiger charge is 2.19. The van der Waals surface area contributed by atoms with E-state index in [1.54, 1.807) is 31.5 Å². The number of aromatic nitrogens is 2. The summed E-state index contributed by atoms with van der Waals surface area (Å²) in [5.41, 5.74) is 2.08. The zero-order chi connectivity index (χ0) is 16.2. The number of pyridine rings is 2. The molecule has 3 aromatic rings. The lowest BCUT2D eigenvalue weighted by Gasteiger charge is -2.18. The molecule has 3 rings (SSSR count). The van der Waals surface area contributed by atoms with Crippen LogP contribution < -0.4 is 4.74 Å². The summed E-state index contributed by atoms with van der Waals surface area (Å²) in [5.74, 6) is 0.402. The molecule has 5 heteroatoms. The molecular weight excluding hydrogens is 290 g/mol. The Morgan fingerprint density at radius 2 is 1.91 bits per heavy atom. The van der Waals surface area contributed by atoms with Gasteiger partial charge in [0.25, 0.3) is 5.91 Å². The number of rotatable bonds is 4. The first kappa shape index (κ1) is 15.0. The van der Waals surface area contributed by atoms with Crippen molar-refractivity contribution < 1.29 is 9.53 Å². The molecule has 0 fully saturated rings. The molecule has 2 heterocycles. The van der Waals surface area contributed by atoms with Crippen molar-refractivity contribution in [2.75, 3.05) is 14.2 Å². The summed E-state index contributed by atoms with van der Waals surface area (Å²) in [5, 5.41) is 0.826. The minimum Gasteiger partial charge on any atom is -0.495 e. The Morgan fingerprint density at radius 1 is 1.13 bits per heavy atom. The molecule has 0 atom stereocenters. The number of carbonyl (C=O) groups is 1. The van der Waals surface area contributed by atoms with E-state index in [4.69, 9.17) is 4.74 Å². The summed E-state index contributed by atoms with van der Waals surface area (Å²) >= 11 is 0. The quantitative estimate of drug-likeness (QED) is 0.743. The minimum atomic E-state index is -0.147. The van der Waals surface area contributed by atoms with Gasteiger partial charge in [-0.1, -0.05) is 18.2 Å². The number of fused-ring (bicyclic) bond motifs is 1. The van der Waals surface area contributed by atoms with Crippen molar-refractivity contribution in [1.82, 2.24) is 14.9 Å². The largest absolute Gasteiger partial charge is 0.495 e. The Kier molecular flexibility index (Phi) is 4.19. The first-order chi connectivity index (χ1) is 11.2. The van der Waals surface area contributed by atoms with Crippen LogP contribution in [0.25, 0.3) is 10.9 Å². The third-order valence-electron chi connectivity index (χ3n) is 3.63. The van der Waals surface area contributed by atoms with Crippen LogP contribution in [0.5, 0.6) is 5.75 Å². The molecule has 5 nitrogen and oxygen atoms in total. The lowest BCUT2D eigenvalue weighted by Crippen LogP contribution is -2.27. The number of para-hydroxylation sites is 1. The number of hydrogen-bond donors (Lipinski definition) is 0. The molecule has 0 bridgehead atoms. The van der Waals surface area contributed by atoms with Gasteiger partial charge in [0.05, 0.1) is 24.9 Å². The van der Waals surface area contributed by atoms with E-state index in [1.165, 1.54) is 0 Å². The van der Waals surface area contributed by atoms with Crippen LogP contribution in [0.2, 0.25) is 0 Å². The first-order valence-electron chi connectivity index (χ1n) is 7.28. The van der Waals surface area contributed by atoms with E-state index in [2.05, 4.69) is 9.97 Å². The van der Waals surface area contributed by atoms with Gasteiger partial charge in [0, 0.05) is 24.8 Å². The van der Waals surface area contributed by atoms with Crippen LogP contribution in [0.3, 0.4) is 0 Å². The van der Waals surface area contributed by atoms with Crippen molar-refractivity contribution in [2.45, 2.75) is 6.54 Å². The van der Waals surface area contributed by atoms with Crippen LogP contribution in [0.15, 0.2) is 54.9 Å². The SMILES string of the molecule is COc1c(C(=O)N(C)Cc2ccccn2)cnc2ccccc12. The normalized spacial score (nSPS) is 10.5. The van der Waals surface area contributed by atoms with Crippen LogP contribution >= 0.6 is 0 Å². The van der Waals surface area contributed by atoms with Crippen LogP contribution in [-0.4, -0.2) is 34.9 Å². The Hall–Kier alpha value is -2.95. The van der Waals surface area contributed by atoms with Gasteiger partial charge in [-0.25, -0.2) is 0 Å². The maximum Gasteiger partial charge on any atom is 0.259 e. The predicted octanol–water partition coefficient (Wildman–Crippen LogP) is 2.91. The standard InChI is InChI=1S/C18H17N3O2/c1-21(12-13-7-5-6-10-19-13)18(22)15-11-20-16-9-4-3-8-14(16)17(15)23-2/h3-11H,12H2,1-2H3. The van der Waals surface area contributed by atoms with Crippen LogP contribution in [-0.2, 0) is 6.54 Å². The molecule has 0 saturated carbocycles. The highest BCUT2D eigenvalue weighted by Crippen LogP contribution is 2.28. The summed E-state index contributed by atoms with van der Waals surface area (Å²) in [6.45, 7) is 0.426. The van der Waals surface area contributed by atoms with Gasteiger partial charge in [0.15, 0.2) is 0 Å². The maximum atomic E-state index is 12.8. The van der Waals surface area contributed by atoms with Gasteiger partial charge in [-0.3, -0.25) is 14.8 Å². The molecule has 0 aliphatic heterocycles. The monoisotopic (exact) mass is 307 g/mol. The maximum absolute atomic E-state index is 12.8. The molecule has 116 valence electrons. The number of benzene rings is 1. The Balaban J connectivity index is 1.94. The average molecular weight is 307 g/mol. The number of amides is 1. The molecule has 0 N–H and O–H groups in total. The van der Waals surface area contributed by atoms with Crippen molar-refractivity contribution in [3.05, 3.63) is 66.1 Å². The van der Waals surface area contributed by atoms with Gasteiger partial charge < -0.3 is 9.64 Å². The van der Waals surface area contributed by atoms with Crippen molar-refractivity contribution in [1.29, 1.82) is 0 Å². The smallest absolute Gasteiger partial charge is 0.259 e. The van der Waals surface area contributed by atoms with Gasteiger partial charge in [-0.2, -0.15) is 0 Å². The number of methoxy groups -OCH3 is 1. The van der Waals surface area contributed by atoms with E-state index >= 15 is 0 Å². The second kappa shape index (κ2) is 6.44. The Labute approximate surface area is 134 Å². The van der Waals surface area contributed by atoms with E-state index in [9.17, 15) is 4.79 Å². The number of nitrogens with zero attached hydrogens (tertiary/aromatic N) is 3. The van der Waals surface area contributed by atoms with Gasteiger partial charge in [-0.15, -0.1) is 0 Å². The molecule has 1 amide bonds. The van der Waals surface area contributed by atoms with Crippen LogP contribution in [0.1, 0.15) is 16.1 Å². The summed E-state index contributed by atoms with van der Waals surface area (Å²) in [6, 6.07) is 13.2. The fraction of sp³-hybridized carbons (Fsp3) is 0.167. The lowest BCUT2D eigenvalue weighted by atomic mass is 10.1. The highest BCUT2D eigenvalue weighted by molar-refractivity contribution is 6.02. The number of carbonyl (C=O) groups excluding carboxylic acids is 1. The second-order valence-corrected chi connectivity index (χ2v) is 5.20. The summed E-state index contributed by atoms with van der Waals surface area (Å²) in [6.07, 6.45) is 3.28. The zero-order valence-corrected chi connectivity index (χ0v) is 13.1. The molecule has 0 saturated heterocycles. The molecule has 0 aliphatic carbocycles. The van der Waals surface area contributed by atoms with E-state index in [0.717, 1.165) is 16.6 Å². The highest BCUT2D eigenvalue weighted by atomic mass is 16.5. The summed E-state index contributed by atoms with van der Waals surface area (Å²) in [4.78, 5) is 23.0. The van der Waals surface area contributed by atoms with Gasteiger partial charge >= 0.3 is 0 Å². The molecular formula is C18H17N3O2. The average Bonchev–Trinajstić information content (AvgIpc) is 2.60. The lowest BCUT2D eigenvalue weighted by molar-refractivity contribution is 0.0780. The van der Waals surface area contributed by atoms with Crippen molar-refractivity contribution >= 4 is 16.8 Å². The molecule has 0 unspecified atom stereocenters. The fourth-order valence-corrected chi connectivity index (χ4v) is 2.50. The van der Waals surface area contributed by atoms with Crippen molar-refractivity contribution in [2.24, 2.45) is 0 Å². The molecule has 2 aromatic heterocycles. The number of hydrogen-bond acceptors (Lipinski definition) is 4. The Bertz CT molecular complexity index is 834. The molecule has 23 heavy (non-hydrogen) atoms. The minimum absolute atomic E-state index is 0.147. The van der Waals surface area contributed by atoms with Gasteiger partial charge in [-0.05, 0) is 24.3 Å². The van der Waals surface area contributed by atoms with E-state index < -0.39 is 0 Å². The van der Waals surface area contributed by atoms with Gasteiger partial charge in [0.1, 0.15) is 11.3 Å². The number of ether oxygens (including phenoxy) is 1. The zero-order valence-electron chi connectivity index (χ0n) is 13.1. The predicted molar refractivity (Wildman–Crippen MR) is 88.3 cm³/mol. The summed E-state index contributed by atoms with van der Waals surface area (Å²) < 4.78 is 5.48. The third-order valence-corrected chi connectivity index (χ3v) is 3.63. The Morgan fingerprint density at radius 3 is 2.65 bits per heavy atom. The van der Waals surface area contributed by atoms with Crippen molar-refractivity contribution in [3.8, 4) is 5.75 Å². The summed E-state index contributed by atoms with van der Waals surface area (Å²) in [7, 11) is 3.31. The van der Waals surface area contributed by atoms with Crippen molar-refractivity contribution in [3.63, 3.8) is 0 Å². The van der Waals surface area contributed by atoms with E-state index in [1.807, 2.05) is 42.5 Å². The second-order valence-electron chi connectivity index (χ2n) is 5.20. The van der Waals surface area contributed by atoms with Crippen LogP contribution in [0, 0.1) is 0 Å². The topological polar surface area (TPSA) is 55.3 Å². The third kappa shape index (κ3) is 2.99. The molecule has 1 aromatic carbocycles.